The van der Waals surface area contributed by atoms with Gasteiger partial charge in [0.05, 0.1) is 5.37 Å². The average Bonchev–Trinajstić information content (AvgIpc) is 2.03. The van der Waals surface area contributed by atoms with Gasteiger partial charge < -0.3 is 0 Å². The van der Waals surface area contributed by atoms with Crippen LogP contribution >= 0.6 is 12.6 Å². The van der Waals surface area contributed by atoms with Crippen molar-refractivity contribution in [1.29, 1.82) is 0 Å². The highest BCUT2D eigenvalue weighted by Gasteiger charge is 2.08. The fourth-order valence-electron chi connectivity index (χ4n) is 0.965. The molecule has 0 fully saturated rings. The summed E-state index contributed by atoms with van der Waals surface area (Å²) in [5.41, 5.74) is 0.878. The lowest BCUT2D eigenvalue weighted by atomic mass is 10.2. The summed E-state index contributed by atoms with van der Waals surface area (Å²) in [6.07, 6.45) is 0. The Hall–Kier alpha value is -0.540. The van der Waals surface area contributed by atoms with Crippen molar-refractivity contribution in [2.75, 3.05) is 14.1 Å². The van der Waals surface area contributed by atoms with E-state index in [1.165, 1.54) is 12.1 Å². The molecule has 12 heavy (non-hydrogen) atoms. The number of halogens is 1. The molecule has 1 nitrogen and oxygen atoms in total. The fourth-order valence-corrected chi connectivity index (χ4v) is 1.13. The van der Waals surface area contributed by atoms with Gasteiger partial charge in [-0.2, -0.15) is 12.6 Å². The molecule has 0 bridgehead atoms. The summed E-state index contributed by atoms with van der Waals surface area (Å²) in [6, 6.07) is 6.48. The van der Waals surface area contributed by atoms with E-state index in [1.54, 1.807) is 6.07 Å². The van der Waals surface area contributed by atoms with Gasteiger partial charge in [0.2, 0.25) is 0 Å². The highest BCUT2D eigenvalue weighted by Crippen LogP contribution is 2.21. The molecule has 0 saturated heterocycles. The smallest absolute Gasteiger partial charge is 0.123 e. The first-order valence-corrected chi connectivity index (χ1v) is 4.23. The van der Waals surface area contributed by atoms with Crippen LogP contribution in [0, 0.1) is 5.82 Å². The third kappa shape index (κ3) is 2.22. The maximum absolute atomic E-state index is 12.7. The summed E-state index contributed by atoms with van der Waals surface area (Å²) in [5, 5.41) is -0.0410. The van der Waals surface area contributed by atoms with Gasteiger partial charge in [0.15, 0.2) is 0 Å². The molecule has 0 aliphatic carbocycles. The Labute approximate surface area is 77.6 Å². The van der Waals surface area contributed by atoms with Crippen LogP contribution in [0.1, 0.15) is 10.9 Å². The topological polar surface area (TPSA) is 3.24 Å². The lowest BCUT2D eigenvalue weighted by molar-refractivity contribution is 0.392. The third-order valence-electron chi connectivity index (χ3n) is 1.64. The van der Waals surface area contributed by atoms with Crippen molar-refractivity contribution in [2.45, 2.75) is 5.37 Å². The molecule has 0 radical (unpaired) electrons. The van der Waals surface area contributed by atoms with Crippen molar-refractivity contribution in [2.24, 2.45) is 0 Å². The van der Waals surface area contributed by atoms with Crippen molar-refractivity contribution < 1.29 is 4.39 Å². The summed E-state index contributed by atoms with van der Waals surface area (Å²) in [4.78, 5) is 1.91. The Morgan fingerprint density at radius 1 is 1.42 bits per heavy atom. The van der Waals surface area contributed by atoms with Crippen LogP contribution in [0.4, 0.5) is 4.39 Å². The van der Waals surface area contributed by atoms with E-state index < -0.39 is 0 Å². The van der Waals surface area contributed by atoms with Crippen molar-refractivity contribution in [1.82, 2.24) is 4.90 Å². The summed E-state index contributed by atoms with van der Waals surface area (Å²) >= 11 is 4.32. The molecule has 1 aromatic rings. The predicted octanol–water partition coefficient (Wildman–Crippen LogP) is 2.32. The van der Waals surface area contributed by atoms with Gasteiger partial charge in [-0.3, -0.25) is 4.90 Å². The van der Waals surface area contributed by atoms with Gasteiger partial charge in [0.25, 0.3) is 0 Å². The number of hydrogen-bond acceptors (Lipinski definition) is 2. The maximum atomic E-state index is 12.7. The number of nitrogens with zero attached hydrogens (tertiary/aromatic N) is 1. The molecule has 0 aliphatic rings. The standard InChI is InChI=1S/C9H12FNS/c1-11(2)9(12)7-4-3-5-8(10)6-7/h3-6,9,12H,1-2H3. The van der Waals surface area contributed by atoms with E-state index in [0.717, 1.165) is 5.56 Å². The highest BCUT2D eigenvalue weighted by molar-refractivity contribution is 7.80. The van der Waals surface area contributed by atoms with Gasteiger partial charge in [0.1, 0.15) is 5.82 Å². The molecule has 0 heterocycles. The van der Waals surface area contributed by atoms with E-state index in [-0.39, 0.29) is 11.2 Å². The molecule has 0 aromatic heterocycles. The Morgan fingerprint density at radius 3 is 2.58 bits per heavy atom. The molecule has 0 aliphatic heterocycles. The molecular weight excluding hydrogens is 173 g/mol. The van der Waals surface area contributed by atoms with Gasteiger partial charge in [-0.25, -0.2) is 4.39 Å². The zero-order chi connectivity index (χ0) is 9.14. The monoisotopic (exact) mass is 185 g/mol. The van der Waals surface area contributed by atoms with E-state index in [9.17, 15) is 4.39 Å². The molecule has 0 N–H and O–H groups in total. The SMILES string of the molecule is CN(C)C(S)c1cccc(F)c1. The lowest BCUT2D eigenvalue weighted by Crippen LogP contribution is -2.14. The van der Waals surface area contributed by atoms with Crippen LogP contribution in [0.2, 0.25) is 0 Å². The zero-order valence-electron chi connectivity index (χ0n) is 7.16. The number of rotatable bonds is 2. The van der Waals surface area contributed by atoms with Crippen LogP contribution < -0.4 is 0 Å². The fraction of sp³-hybridized carbons (Fsp3) is 0.333. The molecule has 66 valence electrons. The maximum Gasteiger partial charge on any atom is 0.123 e. The Bertz CT molecular complexity index is 262. The van der Waals surface area contributed by atoms with Crippen molar-refractivity contribution >= 4 is 12.6 Å². The Balaban J connectivity index is 2.88. The molecular formula is C9H12FNS. The third-order valence-corrected chi connectivity index (χ3v) is 2.40. The number of hydrogen-bond donors (Lipinski definition) is 1. The first-order chi connectivity index (χ1) is 5.61. The summed E-state index contributed by atoms with van der Waals surface area (Å²) in [5.74, 6) is -0.214. The van der Waals surface area contributed by atoms with E-state index >= 15 is 0 Å². The minimum Gasteiger partial charge on any atom is -0.294 e. The molecule has 1 unspecified atom stereocenters. The van der Waals surface area contributed by atoms with E-state index in [4.69, 9.17) is 0 Å². The second-order valence-corrected chi connectivity index (χ2v) is 3.38. The minimum atomic E-state index is -0.214. The molecule has 3 heteroatoms. The predicted molar refractivity (Wildman–Crippen MR) is 51.8 cm³/mol. The lowest BCUT2D eigenvalue weighted by Gasteiger charge is -2.18. The summed E-state index contributed by atoms with van der Waals surface area (Å²) in [7, 11) is 3.81. The van der Waals surface area contributed by atoms with Crippen molar-refractivity contribution in [3.8, 4) is 0 Å². The minimum absolute atomic E-state index is 0.0410. The van der Waals surface area contributed by atoms with Crippen LogP contribution in [0.15, 0.2) is 24.3 Å². The van der Waals surface area contributed by atoms with Crippen LogP contribution in [-0.4, -0.2) is 19.0 Å². The average molecular weight is 185 g/mol. The van der Waals surface area contributed by atoms with Crippen molar-refractivity contribution in [3.05, 3.63) is 35.6 Å². The summed E-state index contributed by atoms with van der Waals surface area (Å²) in [6.45, 7) is 0. The first kappa shape index (κ1) is 9.55. The largest absolute Gasteiger partial charge is 0.294 e. The van der Waals surface area contributed by atoms with Gasteiger partial charge in [-0.15, -0.1) is 0 Å². The van der Waals surface area contributed by atoms with Crippen LogP contribution in [-0.2, 0) is 0 Å². The number of thiol groups is 1. The van der Waals surface area contributed by atoms with Gasteiger partial charge >= 0.3 is 0 Å². The Morgan fingerprint density at radius 2 is 2.08 bits per heavy atom. The second kappa shape index (κ2) is 3.92. The van der Waals surface area contributed by atoms with Gasteiger partial charge in [-0.05, 0) is 31.8 Å². The van der Waals surface area contributed by atoms with Crippen LogP contribution in [0.5, 0.6) is 0 Å². The molecule has 1 rings (SSSR count). The van der Waals surface area contributed by atoms with Crippen molar-refractivity contribution in [3.63, 3.8) is 0 Å². The normalized spacial score (nSPS) is 13.4. The van der Waals surface area contributed by atoms with E-state index in [0.29, 0.717) is 0 Å². The molecule has 1 aromatic carbocycles. The quantitative estimate of drug-likeness (QED) is 0.546. The zero-order valence-corrected chi connectivity index (χ0v) is 8.05. The van der Waals surface area contributed by atoms with Crippen LogP contribution in [0.3, 0.4) is 0 Å². The van der Waals surface area contributed by atoms with Gasteiger partial charge in [0, 0.05) is 0 Å². The number of benzene rings is 1. The second-order valence-electron chi connectivity index (χ2n) is 2.89. The molecule has 1 atom stereocenters. The first-order valence-electron chi connectivity index (χ1n) is 3.71. The van der Waals surface area contributed by atoms with E-state index in [2.05, 4.69) is 12.6 Å². The van der Waals surface area contributed by atoms with E-state index in [1.807, 2.05) is 25.1 Å². The molecule has 0 amide bonds. The Kier molecular flexibility index (Phi) is 3.12. The van der Waals surface area contributed by atoms with Gasteiger partial charge in [-0.1, -0.05) is 12.1 Å². The summed E-state index contributed by atoms with van der Waals surface area (Å²) < 4.78 is 12.7. The molecule has 0 saturated carbocycles. The molecule has 0 spiro atoms. The highest BCUT2D eigenvalue weighted by atomic mass is 32.1. The van der Waals surface area contributed by atoms with Crippen LogP contribution in [0.25, 0.3) is 0 Å².